The molecule has 1 fully saturated rings. The highest BCUT2D eigenvalue weighted by atomic mass is 35.5. The van der Waals surface area contributed by atoms with Crippen LogP contribution >= 0.6 is 23.2 Å². The summed E-state index contributed by atoms with van der Waals surface area (Å²) in [6.45, 7) is 8.63. The van der Waals surface area contributed by atoms with E-state index in [9.17, 15) is 9.59 Å². The molecule has 0 bridgehead atoms. The maximum atomic E-state index is 12.8. The van der Waals surface area contributed by atoms with Crippen LogP contribution in [0.3, 0.4) is 0 Å². The van der Waals surface area contributed by atoms with Crippen LogP contribution in [0, 0.1) is 11.3 Å². The average molecular weight is 458 g/mol. The number of amides is 1. The molecule has 3 atom stereocenters. The zero-order valence-corrected chi connectivity index (χ0v) is 19.8. The zero-order valence-electron chi connectivity index (χ0n) is 18.3. The highest BCUT2D eigenvalue weighted by Crippen LogP contribution is 2.70. The quantitative estimate of drug-likeness (QED) is 0.252. The van der Waals surface area contributed by atoms with Crippen LogP contribution in [0.2, 0.25) is 0 Å². The van der Waals surface area contributed by atoms with E-state index in [4.69, 9.17) is 32.7 Å². The lowest BCUT2D eigenvalue weighted by Crippen LogP contribution is -2.36. The van der Waals surface area contributed by atoms with E-state index in [2.05, 4.69) is 5.32 Å². The number of carbonyl (C=O) groups excluding carboxylic acids is 2. The van der Waals surface area contributed by atoms with E-state index in [-0.39, 0.29) is 23.8 Å². The van der Waals surface area contributed by atoms with Crippen molar-refractivity contribution in [1.29, 1.82) is 0 Å². The Kier molecular flexibility index (Phi) is 8.86. The van der Waals surface area contributed by atoms with Gasteiger partial charge in [0.15, 0.2) is 0 Å². The summed E-state index contributed by atoms with van der Waals surface area (Å²) in [6, 6.07) is 7.54. The summed E-state index contributed by atoms with van der Waals surface area (Å²) in [5.74, 6) is 0.472. The standard InChI is InChI=1S/C23H33Cl2NO4/c1-5-22(17(4)23(22,24)25)21(28)26-16(3)18-11-13-19(14-12-18)30-15-9-7-8-10-20(27)29-6-2/h11-14,16-17H,5-10,15H2,1-4H3,(H,26,28)/t16-,17?,22?/m1/s1. The Morgan fingerprint density at radius 2 is 1.77 bits per heavy atom. The Hall–Kier alpha value is -1.46. The molecule has 2 rings (SSSR count). The Morgan fingerprint density at radius 1 is 1.13 bits per heavy atom. The summed E-state index contributed by atoms with van der Waals surface area (Å²) in [7, 11) is 0. The number of carbonyl (C=O) groups is 2. The zero-order chi connectivity index (χ0) is 22.4. The van der Waals surface area contributed by atoms with Crippen LogP contribution in [0.1, 0.15) is 71.4 Å². The van der Waals surface area contributed by atoms with Gasteiger partial charge in [0.2, 0.25) is 5.91 Å². The summed E-state index contributed by atoms with van der Waals surface area (Å²) in [4.78, 5) is 24.1. The third kappa shape index (κ3) is 5.42. The summed E-state index contributed by atoms with van der Waals surface area (Å²) in [5, 5.41) is 3.05. The second-order valence-corrected chi connectivity index (χ2v) is 9.28. The summed E-state index contributed by atoms with van der Waals surface area (Å²) in [6.07, 6.45) is 3.66. The number of unbranched alkanes of at least 4 members (excludes halogenated alkanes) is 2. The molecule has 0 heterocycles. The molecular weight excluding hydrogens is 425 g/mol. The molecular formula is C23H33Cl2NO4. The van der Waals surface area contributed by atoms with Gasteiger partial charge < -0.3 is 14.8 Å². The van der Waals surface area contributed by atoms with Crippen molar-refractivity contribution >= 4 is 35.1 Å². The first-order valence-electron chi connectivity index (χ1n) is 10.8. The predicted octanol–water partition coefficient (Wildman–Crippen LogP) is 5.59. The van der Waals surface area contributed by atoms with Crippen LogP contribution in [0.15, 0.2) is 24.3 Å². The van der Waals surface area contributed by atoms with Gasteiger partial charge in [0.05, 0.1) is 24.7 Å². The molecule has 0 spiro atoms. The lowest BCUT2D eigenvalue weighted by atomic mass is 9.98. The predicted molar refractivity (Wildman–Crippen MR) is 120 cm³/mol. The number of nitrogens with one attached hydrogen (secondary N) is 1. The van der Waals surface area contributed by atoms with Crippen LogP contribution in [-0.2, 0) is 14.3 Å². The van der Waals surface area contributed by atoms with Crippen molar-refractivity contribution in [2.24, 2.45) is 11.3 Å². The largest absolute Gasteiger partial charge is 0.494 e. The molecule has 2 unspecified atom stereocenters. The van der Waals surface area contributed by atoms with E-state index < -0.39 is 9.75 Å². The van der Waals surface area contributed by atoms with Gasteiger partial charge in [0.25, 0.3) is 0 Å². The van der Waals surface area contributed by atoms with Crippen molar-refractivity contribution in [2.45, 2.75) is 70.2 Å². The Bertz CT molecular complexity index is 722. The van der Waals surface area contributed by atoms with Gasteiger partial charge in [-0.25, -0.2) is 0 Å². The van der Waals surface area contributed by atoms with E-state index in [0.717, 1.165) is 30.6 Å². The van der Waals surface area contributed by atoms with Crippen LogP contribution in [0.5, 0.6) is 5.75 Å². The van der Waals surface area contributed by atoms with E-state index >= 15 is 0 Å². The minimum absolute atomic E-state index is 0.0707. The molecule has 1 N–H and O–H groups in total. The third-order valence-electron chi connectivity index (χ3n) is 6.08. The molecule has 0 radical (unpaired) electrons. The molecule has 1 aliphatic rings. The number of alkyl halides is 2. The topological polar surface area (TPSA) is 64.6 Å². The number of hydrogen-bond acceptors (Lipinski definition) is 4. The van der Waals surface area contributed by atoms with Gasteiger partial charge in [-0.3, -0.25) is 9.59 Å². The molecule has 7 heteroatoms. The highest BCUT2D eigenvalue weighted by molar-refractivity contribution is 6.53. The van der Waals surface area contributed by atoms with Crippen LogP contribution in [0.25, 0.3) is 0 Å². The first-order chi connectivity index (χ1) is 14.2. The fraction of sp³-hybridized carbons (Fsp3) is 0.652. The number of rotatable bonds is 12. The fourth-order valence-corrected chi connectivity index (χ4v) is 4.95. The van der Waals surface area contributed by atoms with Crippen LogP contribution in [0.4, 0.5) is 0 Å². The van der Waals surface area contributed by atoms with Crippen LogP contribution in [-0.4, -0.2) is 29.4 Å². The first-order valence-corrected chi connectivity index (χ1v) is 11.5. The highest BCUT2D eigenvalue weighted by Gasteiger charge is 2.76. The van der Waals surface area contributed by atoms with Gasteiger partial charge in [-0.15, -0.1) is 23.2 Å². The minimum Gasteiger partial charge on any atom is -0.494 e. The minimum atomic E-state index is -1.00. The Balaban J connectivity index is 1.75. The molecule has 1 amide bonds. The normalized spacial score (nSPS) is 22.8. The molecule has 5 nitrogen and oxygen atoms in total. The van der Waals surface area contributed by atoms with Gasteiger partial charge >= 0.3 is 5.97 Å². The van der Waals surface area contributed by atoms with Crippen molar-refractivity contribution in [3.05, 3.63) is 29.8 Å². The molecule has 1 aliphatic carbocycles. The van der Waals surface area contributed by atoms with E-state index in [1.54, 1.807) is 0 Å². The second-order valence-electron chi connectivity index (χ2n) is 7.90. The monoisotopic (exact) mass is 457 g/mol. The van der Waals surface area contributed by atoms with E-state index in [1.165, 1.54) is 0 Å². The third-order valence-corrected chi connectivity index (χ3v) is 7.41. The Labute approximate surface area is 189 Å². The molecule has 0 saturated heterocycles. The second kappa shape index (κ2) is 10.7. The van der Waals surface area contributed by atoms with Gasteiger partial charge in [-0.05, 0) is 57.2 Å². The maximum Gasteiger partial charge on any atom is 0.305 e. The van der Waals surface area contributed by atoms with Crippen molar-refractivity contribution in [3.63, 3.8) is 0 Å². The van der Waals surface area contributed by atoms with Crippen molar-refractivity contribution in [3.8, 4) is 5.75 Å². The number of esters is 1. The van der Waals surface area contributed by atoms with Crippen molar-refractivity contribution in [1.82, 2.24) is 5.32 Å². The van der Waals surface area contributed by atoms with E-state index in [1.807, 2.05) is 52.0 Å². The maximum absolute atomic E-state index is 12.8. The average Bonchev–Trinajstić information content (AvgIpc) is 3.17. The lowest BCUT2D eigenvalue weighted by Gasteiger charge is -2.21. The lowest BCUT2D eigenvalue weighted by molar-refractivity contribution is -0.143. The number of benzene rings is 1. The van der Waals surface area contributed by atoms with Crippen molar-refractivity contribution in [2.75, 3.05) is 13.2 Å². The molecule has 1 aromatic carbocycles. The molecule has 1 saturated carbocycles. The SMILES string of the molecule is CCOC(=O)CCCCCOc1ccc([C@@H](C)NC(=O)C2(CC)C(C)C2(Cl)Cl)cc1. The number of ether oxygens (including phenoxy) is 2. The van der Waals surface area contributed by atoms with Gasteiger partial charge in [-0.1, -0.05) is 26.0 Å². The molecule has 0 aliphatic heterocycles. The van der Waals surface area contributed by atoms with E-state index in [0.29, 0.717) is 26.1 Å². The van der Waals surface area contributed by atoms with Crippen molar-refractivity contribution < 1.29 is 19.1 Å². The number of hydrogen-bond donors (Lipinski definition) is 1. The smallest absolute Gasteiger partial charge is 0.305 e. The molecule has 30 heavy (non-hydrogen) atoms. The summed E-state index contributed by atoms with van der Waals surface area (Å²) >= 11 is 12.7. The Morgan fingerprint density at radius 3 is 2.30 bits per heavy atom. The van der Waals surface area contributed by atoms with Gasteiger partial charge in [0, 0.05) is 12.3 Å². The van der Waals surface area contributed by atoms with Crippen LogP contribution < -0.4 is 10.1 Å². The number of halogens is 2. The van der Waals surface area contributed by atoms with Gasteiger partial charge in [-0.2, -0.15) is 0 Å². The first kappa shape index (κ1) is 24.8. The molecule has 1 aromatic rings. The fourth-order valence-electron chi connectivity index (χ4n) is 3.92. The molecule has 168 valence electrons. The summed E-state index contributed by atoms with van der Waals surface area (Å²) < 4.78 is 9.67. The summed E-state index contributed by atoms with van der Waals surface area (Å²) in [5.41, 5.74) is 0.264. The van der Waals surface area contributed by atoms with Gasteiger partial charge in [0.1, 0.15) is 10.1 Å². The molecule has 0 aromatic heterocycles.